The largest absolute Gasteiger partial charge is 0.308 e. The highest BCUT2D eigenvalue weighted by Crippen LogP contribution is 2.29. The summed E-state index contributed by atoms with van der Waals surface area (Å²) in [7, 11) is -3.53. The summed E-state index contributed by atoms with van der Waals surface area (Å²) in [6.07, 6.45) is 2.34. The van der Waals surface area contributed by atoms with E-state index in [9.17, 15) is 13.2 Å². The van der Waals surface area contributed by atoms with Crippen LogP contribution in [0.25, 0.3) is 0 Å². The van der Waals surface area contributed by atoms with Crippen molar-refractivity contribution in [3.63, 3.8) is 0 Å². The molecule has 1 atom stereocenters. The van der Waals surface area contributed by atoms with Gasteiger partial charge in [0.2, 0.25) is 10.0 Å². The lowest BCUT2D eigenvalue weighted by atomic mass is 10.0. The number of hydrogen-bond donors (Lipinski definition) is 1. The first-order chi connectivity index (χ1) is 15.4. The smallest absolute Gasteiger partial charge is 0.243 e. The Balaban J connectivity index is 1.64. The molecule has 1 aliphatic rings. The zero-order valence-corrected chi connectivity index (χ0v) is 20.3. The summed E-state index contributed by atoms with van der Waals surface area (Å²) in [5, 5.41) is 4.03. The maximum Gasteiger partial charge on any atom is 0.243 e. The Labute approximate surface area is 196 Å². The SMILES string of the molecule is CCN(CC)S(=O)(=O)c1ccc(C(=O)CNCC(c2ccccc2Cl)N2CCCC2)cc1. The van der Waals surface area contributed by atoms with Gasteiger partial charge in [-0.25, -0.2) is 8.42 Å². The number of sulfonamides is 1. The van der Waals surface area contributed by atoms with Crippen molar-refractivity contribution in [1.29, 1.82) is 0 Å². The minimum absolute atomic E-state index is 0.0730. The van der Waals surface area contributed by atoms with Crippen molar-refractivity contribution in [3.05, 3.63) is 64.7 Å². The first-order valence-electron chi connectivity index (χ1n) is 11.2. The van der Waals surface area contributed by atoms with E-state index < -0.39 is 10.0 Å². The molecule has 2 aromatic rings. The molecule has 6 nitrogen and oxygen atoms in total. The second-order valence-electron chi connectivity index (χ2n) is 7.95. The molecule has 1 heterocycles. The third-order valence-electron chi connectivity index (χ3n) is 5.99. The van der Waals surface area contributed by atoms with Crippen molar-refractivity contribution < 1.29 is 13.2 Å². The van der Waals surface area contributed by atoms with E-state index in [4.69, 9.17) is 11.6 Å². The number of halogens is 1. The van der Waals surface area contributed by atoms with E-state index in [-0.39, 0.29) is 23.3 Å². The molecular formula is C24H32ClN3O3S. The predicted molar refractivity (Wildman–Crippen MR) is 129 cm³/mol. The number of ketones is 1. The van der Waals surface area contributed by atoms with Gasteiger partial charge in [0, 0.05) is 36.3 Å². The molecule has 2 aromatic carbocycles. The van der Waals surface area contributed by atoms with Crippen LogP contribution in [0.5, 0.6) is 0 Å². The van der Waals surface area contributed by atoms with E-state index in [0.29, 0.717) is 25.2 Å². The van der Waals surface area contributed by atoms with Crippen LogP contribution in [0.15, 0.2) is 53.4 Å². The van der Waals surface area contributed by atoms with Crippen molar-refractivity contribution in [2.45, 2.75) is 37.6 Å². The van der Waals surface area contributed by atoms with Crippen LogP contribution in [-0.4, -0.2) is 62.7 Å². The van der Waals surface area contributed by atoms with Crippen molar-refractivity contribution in [1.82, 2.24) is 14.5 Å². The lowest BCUT2D eigenvalue weighted by Crippen LogP contribution is -2.36. The Morgan fingerprint density at radius 3 is 2.28 bits per heavy atom. The number of nitrogens with one attached hydrogen (secondary N) is 1. The number of nitrogens with zero attached hydrogens (tertiary/aromatic N) is 2. The van der Waals surface area contributed by atoms with Crippen LogP contribution in [0.1, 0.15) is 48.7 Å². The molecular weight excluding hydrogens is 446 g/mol. The van der Waals surface area contributed by atoms with E-state index in [1.54, 1.807) is 12.1 Å². The van der Waals surface area contributed by atoms with Crippen molar-refractivity contribution in [2.75, 3.05) is 39.3 Å². The first-order valence-corrected chi connectivity index (χ1v) is 13.0. The van der Waals surface area contributed by atoms with E-state index in [1.165, 1.54) is 29.3 Å². The number of benzene rings is 2. The number of rotatable bonds is 11. The maximum absolute atomic E-state index is 12.7. The fraction of sp³-hybridized carbons (Fsp3) is 0.458. The van der Waals surface area contributed by atoms with Gasteiger partial charge in [0.25, 0.3) is 0 Å². The molecule has 0 spiro atoms. The van der Waals surface area contributed by atoms with Gasteiger partial charge in [-0.1, -0.05) is 55.8 Å². The summed E-state index contributed by atoms with van der Waals surface area (Å²) in [6, 6.07) is 14.2. The lowest BCUT2D eigenvalue weighted by molar-refractivity contribution is 0.0987. The monoisotopic (exact) mass is 477 g/mol. The molecule has 1 aliphatic heterocycles. The van der Waals surface area contributed by atoms with E-state index >= 15 is 0 Å². The Hall–Kier alpha value is -1.77. The summed E-state index contributed by atoms with van der Waals surface area (Å²) in [5.74, 6) is -0.0730. The second-order valence-corrected chi connectivity index (χ2v) is 10.3. The van der Waals surface area contributed by atoms with E-state index in [0.717, 1.165) is 23.7 Å². The molecule has 3 rings (SSSR count). The molecule has 0 aliphatic carbocycles. The minimum Gasteiger partial charge on any atom is -0.308 e. The van der Waals surface area contributed by atoms with Crippen LogP contribution in [0.3, 0.4) is 0 Å². The molecule has 0 aromatic heterocycles. The number of likely N-dealkylation sites (tertiary alicyclic amines) is 1. The summed E-state index contributed by atoms with van der Waals surface area (Å²) in [4.78, 5) is 15.3. The Bertz CT molecular complexity index is 1000. The average molecular weight is 478 g/mol. The second kappa shape index (κ2) is 11.4. The van der Waals surface area contributed by atoms with Gasteiger partial charge in [-0.3, -0.25) is 9.69 Å². The fourth-order valence-corrected chi connectivity index (χ4v) is 5.90. The molecule has 0 bridgehead atoms. The van der Waals surface area contributed by atoms with Gasteiger partial charge in [0.1, 0.15) is 0 Å². The summed E-state index contributed by atoms with van der Waals surface area (Å²) in [5.41, 5.74) is 1.56. The van der Waals surface area contributed by atoms with Gasteiger partial charge in [-0.2, -0.15) is 4.31 Å². The van der Waals surface area contributed by atoms with Gasteiger partial charge in [0.15, 0.2) is 5.78 Å². The first kappa shape index (κ1) is 24.9. The molecule has 1 fully saturated rings. The topological polar surface area (TPSA) is 69.7 Å². The van der Waals surface area contributed by atoms with Crippen molar-refractivity contribution in [3.8, 4) is 0 Å². The zero-order valence-electron chi connectivity index (χ0n) is 18.8. The normalized spacial score (nSPS) is 15.9. The van der Waals surface area contributed by atoms with Crippen LogP contribution in [0, 0.1) is 0 Å². The summed E-state index contributed by atoms with van der Waals surface area (Å²) < 4.78 is 26.6. The molecule has 174 valence electrons. The van der Waals surface area contributed by atoms with Crippen LogP contribution in [0.4, 0.5) is 0 Å². The summed E-state index contributed by atoms with van der Waals surface area (Å²) in [6.45, 7) is 7.27. The molecule has 0 saturated carbocycles. The lowest BCUT2D eigenvalue weighted by Gasteiger charge is -2.29. The van der Waals surface area contributed by atoms with Gasteiger partial charge < -0.3 is 5.32 Å². The van der Waals surface area contributed by atoms with Crippen molar-refractivity contribution >= 4 is 27.4 Å². The number of carbonyl (C=O) groups is 1. The standard InChI is InChI=1S/C24H32ClN3O3S/c1-3-28(4-2)32(30,31)20-13-11-19(12-14-20)24(29)18-26-17-23(27-15-7-8-16-27)21-9-5-6-10-22(21)25/h5-6,9-14,23,26H,3-4,7-8,15-18H2,1-2H3. The highest BCUT2D eigenvalue weighted by Gasteiger charge is 2.25. The predicted octanol–water partition coefficient (Wildman–Crippen LogP) is 3.98. The highest BCUT2D eigenvalue weighted by molar-refractivity contribution is 7.89. The maximum atomic E-state index is 12.7. The highest BCUT2D eigenvalue weighted by atomic mass is 35.5. The quantitative estimate of drug-likeness (QED) is 0.496. The molecule has 1 unspecified atom stereocenters. The zero-order chi connectivity index (χ0) is 23.1. The summed E-state index contributed by atoms with van der Waals surface area (Å²) >= 11 is 6.46. The molecule has 0 radical (unpaired) electrons. The molecule has 1 saturated heterocycles. The molecule has 0 amide bonds. The molecule has 32 heavy (non-hydrogen) atoms. The van der Waals surface area contributed by atoms with Crippen molar-refractivity contribution in [2.24, 2.45) is 0 Å². The van der Waals surface area contributed by atoms with E-state index in [1.807, 2.05) is 38.1 Å². The third-order valence-corrected chi connectivity index (χ3v) is 8.40. The number of carbonyl (C=O) groups excluding carboxylic acids is 1. The van der Waals surface area contributed by atoms with E-state index in [2.05, 4.69) is 10.2 Å². The van der Waals surface area contributed by atoms with Gasteiger partial charge >= 0.3 is 0 Å². The minimum atomic E-state index is -3.53. The van der Waals surface area contributed by atoms with Gasteiger partial charge in [-0.05, 0) is 49.7 Å². The van der Waals surface area contributed by atoms with Crippen LogP contribution in [0.2, 0.25) is 5.02 Å². The number of Topliss-reactive ketones (excluding diaryl/α,β-unsaturated/α-hetero) is 1. The Morgan fingerprint density at radius 1 is 1.06 bits per heavy atom. The average Bonchev–Trinajstić information content (AvgIpc) is 3.33. The molecule has 1 N–H and O–H groups in total. The number of hydrogen-bond acceptors (Lipinski definition) is 5. The fourth-order valence-electron chi connectivity index (χ4n) is 4.18. The third kappa shape index (κ3) is 5.77. The Kier molecular flexibility index (Phi) is 8.85. The molecule has 8 heteroatoms. The van der Waals surface area contributed by atoms with Crippen LogP contribution in [-0.2, 0) is 10.0 Å². The van der Waals surface area contributed by atoms with Gasteiger partial charge in [0.05, 0.1) is 11.4 Å². The van der Waals surface area contributed by atoms with Crippen LogP contribution >= 0.6 is 11.6 Å². The Morgan fingerprint density at radius 2 is 1.69 bits per heavy atom. The van der Waals surface area contributed by atoms with Crippen LogP contribution < -0.4 is 5.32 Å². The van der Waals surface area contributed by atoms with Gasteiger partial charge in [-0.15, -0.1) is 0 Å².